The number of carboxylic acids is 1. The van der Waals surface area contributed by atoms with Crippen LogP contribution in [0, 0.1) is 11.3 Å². The van der Waals surface area contributed by atoms with Crippen LogP contribution in [0.25, 0.3) is 0 Å². The molecular formula is C5H11ClN2O2. The zero-order chi connectivity index (χ0) is 7.44. The monoisotopic (exact) mass is 166 g/mol. The molecule has 0 amide bonds. The highest BCUT2D eigenvalue weighted by molar-refractivity contribution is 5.97. The van der Waals surface area contributed by atoms with Gasteiger partial charge in [-0.15, -0.1) is 12.4 Å². The van der Waals surface area contributed by atoms with E-state index < -0.39 is 11.9 Å². The third-order valence-electron chi connectivity index (χ3n) is 1.08. The van der Waals surface area contributed by atoms with E-state index in [4.69, 9.17) is 16.2 Å². The fourth-order valence-electron chi connectivity index (χ4n) is 0.528. The highest BCUT2D eigenvalue weighted by Gasteiger charge is 2.17. The number of hydrogen-bond acceptors (Lipinski definition) is 2. The van der Waals surface area contributed by atoms with Crippen molar-refractivity contribution in [3.63, 3.8) is 0 Å². The molecule has 0 aliphatic heterocycles. The lowest BCUT2D eigenvalue weighted by atomic mass is 10.1. The average molecular weight is 167 g/mol. The van der Waals surface area contributed by atoms with Crippen LogP contribution in [-0.4, -0.2) is 16.9 Å². The molecule has 4 N–H and O–H groups in total. The van der Waals surface area contributed by atoms with Crippen molar-refractivity contribution in [3.05, 3.63) is 0 Å². The lowest BCUT2D eigenvalue weighted by Gasteiger charge is -2.04. The summed E-state index contributed by atoms with van der Waals surface area (Å²) in [6, 6.07) is 0. The molecule has 0 aromatic carbocycles. The number of carbonyl (C=O) groups is 1. The van der Waals surface area contributed by atoms with Gasteiger partial charge in [-0.2, -0.15) is 0 Å². The molecule has 60 valence electrons. The normalized spacial score (nSPS) is 11.3. The summed E-state index contributed by atoms with van der Waals surface area (Å²) in [4.78, 5) is 10.2. The van der Waals surface area contributed by atoms with Gasteiger partial charge in [-0.25, -0.2) is 0 Å². The zero-order valence-electron chi connectivity index (χ0n) is 5.63. The largest absolute Gasteiger partial charge is 0.481 e. The van der Waals surface area contributed by atoms with E-state index in [9.17, 15) is 4.79 Å². The van der Waals surface area contributed by atoms with Gasteiger partial charge >= 0.3 is 5.97 Å². The van der Waals surface area contributed by atoms with Gasteiger partial charge in [-0.1, -0.05) is 6.92 Å². The quantitative estimate of drug-likeness (QED) is 0.420. The Balaban J connectivity index is 0. The summed E-state index contributed by atoms with van der Waals surface area (Å²) in [7, 11) is 0. The highest BCUT2D eigenvalue weighted by Crippen LogP contribution is 1.99. The topological polar surface area (TPSA) is 87.2 Å². The van der Waals surface area contributed by atoms with Gasteiger partial charge in [0.1, 0.15) is 11.8 Å². The number of halogens is 1. The number of carboxylic acid groups (broad SMARTS) is 1. The smallest absolute Gasteiger partial charge is 0.314 e. The van der Waals surface area contributed by atoms with Crippen LogP contribution in [-0.2, 0) is 4.79 Å². The van der Waals surface area contributed by atoms with Gasteiger partial charge in [0.25, 0.3) is 0 Å². The summed E-state index contributed by atoms with van der Waals surface area (Å²) in [5.74, 6) is -2.10. The van der Waals surface area contributed by atoms with Crippen LogP contribution in [0.4, 0.5) is 0 Å². The molecule has 4 nitrogen and oxygen atoms in total. The molecule has 0 heterocycles. The molecule has 1 atom stereocenters. The maximum Gasteiger partial charge on any atom is 0.314 e. The first-order valence-corrected chi connectivity index (χ1v) is 2.66. The van der Waals surface area contributed by atoms with Crippen LogP contribution in [0.2, 0.25) is 0 Å². The van der Waals surface area contributed by atoms with Gasteiger partial charge in [-0.3, -0.25) is 10.2 Å². The van der Waals surface area contributed by atoms with Crippen molar-refractivity contribution in [2.45, 2.75) is 13.3 Å². The molecule has 10 heavy (non-hydrogen) atoms. The predicted octanol–water partition coefficient (Wildman–Crippen LogP) is 0.455. The Bertz CT molecular complexity index is 124. The Morgan fingerprint density at radius 1 is 1.80 bits per heavy atom. The average Bonchev–Trinajstić information content (AvgIpc) is 1.64. The minimum absolute atomic E-state index is 0. The fraction of sp³-hybridized carbons (Fsp3) is 0.600. The van der Waals surface area contributed by atoms with E-state index in [1.54, 1.807) is 6.92 Å². The van der Waals surface area contributed by atoms with Crippen LogP contribution in [0.5, 0.6) is 0 Å². The van der Waals surface area contributed by atoms with Crippen molar-refractivity contribution in [1.82, 2.24) is 0 Å². The van der Waals surface area contributed by atoms with Crippen molar-refractivity contribution in [2.75, 3.05) is 0 Å². The van der Waals surface area contributed by atoms with Gasteiger partial charge < -0.3 is 10.8 Å². The molecule has 0 radical (unpaired) electrons. The maximum atomic E-state index is 10.2. The number of hydrogen-bond donors (Lipinski definition) is 3. The highest BCUT2D eigenvalue weighted by atomic mass is 35.5. The Kier molecular flexibility index (Phi) is 6.04. The summed E-state index contributed by atoms with van der Waals surface area (Å²) in [5, 5.41) is 15.1. The molecule has 0 spiro atoms. The van der Waals surface area contributed by atoms with E-state index in [-0.39, 0.29) is 18.2 Å². The van der Waals surface area contributed by atoms with Crippen LogP contribution >= 0.6 is 12.4 Å². The second-order valence-corrected chi connectivity index (χ2v) is 1.75. The molecule has 1 unspecified atom stereocenters. The SMILES string of the molecule is CCC(C(=N)N)C(=O)O.Cl. The third kappa shape index (κ3) is 3.29. The molecule has 0 fully saturated rings. The number of nitrogens with one attached hydrogen (secondary N) is 1. The fourth-order valence-corrected chi connectivity index (χ4v) is 0.528. The van der Waals surface area contributed by atoms with Crippen molar-refractivity contribution in [1.29, 1.82) is 5.41 Å². The van der Waals surface area contributed by atoms with Crippen molar-refractivity contribution in [3.8, 4) is 0 Å². The van der Waals surface area contributed by atoms with Crippen molar-refractivity contribution < 1.29 is 9.90 Å². The molecule has 0 aromatic heterocycles. The van der Waals surface area contributed by atoms with E-state index in [0.29, 0.717) is 6.42 Å². The van der Waals surface area contributed by atoms with E-state index in [1.807, 2.05) is 0 Å². The minimum Gasteiger partial charge on any atom is -0.481 e. The molecule has 0 rings (SSSR count). The maximum absolute atomic E-state index is 10.2. The van der Waals surface area contributed by atoms with Crippen molar-refractivity contribution >= 4 is 24.2 Å². The summed E-state index contributed by atoms with van der Waals surface area (Å²) < 4.78 is 0. The second-order valence-electron chi connectivity index (χ2n) is 1.75. The minimum atomic E-state index is -1.02. The predicted molar refractivity (Wildman–Crippen MR) is 40.6 cm³/mol. The molecule has 0 bridgehead atoms. The Labute approximate surface area is 65.3 Å². The molecule has 0 saturated heterocycles. The molecular weight excluding hydrogens is 156 g/mol. The standard InChI is InChI=1S/C5H10N2O2.ClH/c1-2-3(4(6)7)5(8)9;/h3H,2H2,1H3,(H3,6,7)(H,8,9);1H. The summed E-state index contributed by atoms with van der Waals surface area (Å²) >= 11 is 0. The number of rotatable bonds is 3. The van der Waals surface area contributed by atoms with Crippen LogP contribution in [0.15, 0.2) is 0 Å². The summed E-state index contributed by atoms with van der Waals surface area (Å²) in [6.07, 6.45) is 0.380. The lowest BCUT2D eigenvalue weighted by molar-refractivity contribution is -0.139. The molecule has 0 aromatic rings. The van der Waals surface area contributed by atoms with Crippen molar-refractivity contribution in [2.24, 2.45) is 11.7 Å². The second kappa shape index (κ2) is 5.05. The number of aliphatic carboxylic acids is 1. The number of amidine groups is 1. The molecule has 5 heteroatoms. The molecule has 0 aliphatic carbocycles. The van der Waals surface area contributed by atoms with E-state index in [0.717, 1.165) is 0 Å². The lowest BCUT2D eigenvalue weighted by Crippen LogP contribution is -2.28. The van der Waals surface area contributed by atoms with Gasteiger partial charge in [-0.05, 0) is 6.42 Å². The Hall–Kier alpha value is -0.770. The van der Waals surface area contributed by atoms with Gasteiger partial charge in [0.15, 0.2) is 0 Å². The van der Waals surface area contributed by atoms with Crippen LogP contribution in [0.1, 0.15) is 13.3 Å². The van der Waals surface area contributed by atoms with E-state index in [1.165, 1.54) is 0 Å². The van der Waals surface area contributed by atoms with Gasteiger partial charge in [0.05, 0.1) is 0 Å². The Morgan fingerprint density at radius 3 is 2.20 bits per heavy atom. The van der Waals surface area contributed by atoms with Gasteiger partial charge in [0, 0.05) is 0 Å². The summed E-state index contributed by atoms with van der Waals surface area (Å²) in [5.41, 5.74) is 4.95. The van der Waals surface area contributed by atoms with E-state index >= 15 is 0 Å². The van der Waals surface area contributed by atoms with Gasteiger partial charge in [0.2, 0.25) is 0 Å². The molecule has 0 saturated carbocycles. The first-order valence-electron chi connectivity index (χ1n) is 2.66. The summed E-state index contributed by atoms with van der Waals surface area (Å²) in [6.45, 7) is 1.68. The zero-order valence-corrected chi connectivity index (χ0v) is 6.44. The Morgan fingerprint density at radius 2 is 2.20 bits per heavy atom. The first kappa shape index (κ1) is 12.0. The van der Waals surface area contributed by atoms with Crippen LogP contribution in [0.3, 0.4) is 0 Å². The third-order valence-corrected chi connectivity index (χ3v) is 1.08. The van der Waals surface area contributed by atoms with Crippen LogP contribution < -0.4 is 5.73 Å². The van der Waals surface area contributed by atoms with E-state index in [2.05, 4.69) is 0 Å². The molecule has 0 aliphatic rings. The first-order chi connectivity index (χ1) is 4.09. The number of nitrogens with two attached hydrogens (primary N) is 1.